The minimum absolute atomic E-state index is 0.259. The first-order valence-electron chi connectivity index (χ1n) is 8.95. The van der Waals surface area contributed by atoms with Gasteiger partial charge < -0.3 is 4.90 Å². The molecule has 0 bridgehead atoms. The molecule has 132 valence electrons. The van der Waals surface area contributed by atoms with Crippen molar-refractivity contribution in [2.75, 3.05) is 31.9 Å². The molecule has 1 fully saturated rings. The predicted octanol–water partition coefficient (Wildman–Crippen LogP) is 3.82. The van der Waals surface area contributed by atoms with E-state index in [0.717, 1.165) is 39.1 Å². The highest BCUT2D eigenvalue weighted by molar-refractivity contribution is 8.00. The fourth-order valence-corrected chi connectivity index (χ4v) is 4.10. The number of nitrogens with zero attached hydrogens (tertiary/aromatic N) is 2. The van der Waals surface area contributed by atoms with Crippen molar-refractivity contribution in [3.63, 3.8) is 0 Å². The molecule has 4 heteroatoms. The number of carbonyl (C=O) groups is 1. The Morgan fingerprint density at radius 3 is 2.52 bits per heavy atom. The van der Waals surface area contributed by atoms with Gasteiger partial charge in [-0.25, -0.2) is 0 Å². The summed E-state index contributed by atoms with van der Waals surface area (Å²) in [6.45, 7) is 6.79. The first-order chi connectivity index (χ1) is 12.2. The molecule has 0 atom stereocenters. The molecule has 2 aromatic rings. The van der Waals surface area contributed by atoms with E-state index in [-0.39, 0.29) is 5.91 Å². The van der Waals surface area contributed by atoms with E-state index in [1.807, 2.05) is 17.0 Å². The van der Waals surface area contributed by atoms with Crippen molar-refractivity contribution in [1.29, 1.82) is 0 Å². The quantitative estimate of drug-likeness (QED) is 0.763. The monoisotopic (exact) mass is 354 g/mol. The van der Waals surface area contributed by atoms with Crippen LogP contribution in [0.2, 0.25) is 0 Å². The molecule has 0 spiro atoms. The number of aryl methyl sites for hydroxylation is 1. The summed E-state index contributed by atoms with van der Waals surface area (Å²) in [5, 5.41) is 0. The summed E-state index contributed by atoms with van der Waals surface area (Å²) >= 11 is 1.65. The molecule has 1 aliphatic rings. The molecular weight excluding hydrogens is 328 g/mol. The van der Waals surface area contributed by atoms with Gasteiger partial charge in [-0.15, -0.1) is 11.8 Å². The molecule has 1 heterocycles. The van der Waals surface area contributed by atoms with E-state index in [1.165, 1.54) is 16.0 Å². The Hall–Kier alpha value is -1.78. The number of hydrogen-bond acceptors (Lipinski definition) is 3. The van der Waals surface area contributed by atoms with Crippen LogP contribution >= 0.6 is 11.8 Å². The van der Waals surface area contributed by atoms with Crippen LogP contribution in [0.25, 0.3) is 0 Å². The van der Waals surface area contributed by atoms with E-state index in [2.05, 4.69) is 54.3 Å². The summed E-state index contributed by atoms with van der Waals surface area (Å²) in [6, 6.07) is 18.8. The van der Waals surface area contributed by atoms with Crippen LogP contribution in [0.4, 0.5) is 0 Å². The maximum absolute atomic E-state index is 12.6. The van der Waals surface area contributed by atoms with E-state index >= 15 is 0 Å². The smallest absolute Gasteiger partial charge is 0.232 e. The van der Waals surface area contributed by atoms with Crippen LogP contribution in [-0.2, 0) is 11.3 Å². The lowest BCUT2D eigenvalue weighted by molar-refractivity contribution is -0.128. The first-order valence-corrected chi connectivity index (χ1v) is 9.93. The number of benzene rings is 2. The fourth-order valence-electron chi connectivity index (χ4n) is 3.17. The Morgan fingerprint density at radius 2 is 1.72 bits per heavy atom. The number of carbonyl (C=O) groups excluding carboxylic acids is 1. The second-order valence-corrected chi connectivity index (χ2v) is 7.57. The summed E-state index contributed by atoms with van der Waals surface area (Å²) in [5.41, 5.74) is 2.59. The van der Waals surface area contributed by atoms with Crippen molar-refractivity contribution in [2.24, 2.45) is 0 Å². The van der Waals surface area contributed by atoms with Gasteiger partial charge in [-0.2, -0.15) is 0 Å². The third-order valence-corrected chi connectivity index (χ3v) is 5.80. The van der Waals surface area contributed by atoms with Gasteiger partial charge in [-0.1, -0.05) is 48.5 Å². The molecule has 0 radical (unpaired) electrons. The van der Waals surface area contributed by atoms with Crippen LogP contribution in [0.5, 0.6) is 0 Å². The van der Waals surface area contributed by atoms with Crippen LogP contribution in [0.15, 0.2) is 59.5 Å². The highest BCUT2D eigenvalue weighted by atomic mass is 32.2. The van der Waals surface area contributed by atoms with E-state index in [9.17, 15) is 4.79 Å². The number of hydrogen-bond donors (Lipinski definition) is 0. The third kappa shape index (κ3) is 5.35. The van der Waals surface area contributed by atoms with Gasteiger partial charge in [0.1, 0.15) is 0 Å². The molecule has 3 nitrogen and oxygen atoms in total. The highest BCUT2D eigenvalue weighted by Gasteiger charge is 2.19. The minimum atomic E-state index is 0.259. The zero-order chi connectivity index (χ0) is 17.5. The second kappa shape index (κ2) is 9.07. The molecule has 0 N–H and O–H groups in total. The van der Waals surface area contributed by atoms with Crippen LogP contribution in [0, 0.1) is 6.92 Å². The van der Waals surface area contributed by atoms with Gasteiger partial charge in [0, 0.05) is 37.6 Å². The summed E-state index contributed by atoms with van der Waals surface area (Å²) in [6.07, 6.45) is 1.05. The lowest BCUT2D eigenvalue weighted by atomic mass is 10.2. The molecular formula is C21H26N2OS. The van der Waals surface area contributed by atoms with E-state index < -0.39 is 0 Å². The summed E-state index contributed by atoms with van der Waals surface area (Å²) < 4.78 is 0. The van der Waals surface area contributed by atoms with E-state index in [4.69, 9.17) is 0 Å². The molecule has 0 aromatic heterocycles. The van der Waals surface area contributed by atoms with Gasteiger partial charge in [-0.05, 0) is 30.5 Å². The zero-order valence-electron chi connectivity index (χ0n) is 14.9. The van der Waals surface area contributed by atoms with Crippen molar-refractivity contribution in [2.45, 2.75) is 24.8 Å². The van der Waals surface area contributed by atoms with Crippen molar-refractivity contribution >= 4 is 17.7 Å². The highest BCUT2D eigenvalue weighted by Crippen LogP contribution is 2.22. The third-order valence-electron chi connectivity index (χ3n) is 4.63. The average molecular weight is 355 g/mol. The van der Waals surface area contributed by atoms with Crippen molar-refractivity contribution in [3.05, 3.63) is 65.7 Å². The molecule has 1 saturated heterocycles. The van der Waals surface area contributed by atoms with Gasteiger partial charge >= 0.3 is 0 Å². The van der Waals surface area contributed by atoms with Crippen molar-refractivity contribution < 1.29 is 4.79 Å². The topological polar surface area (TPSA) is 23.6 Å². The molecule has 3 rings (SSSR count). The lowest BCUT2D eigenvalue weighted by Gasteiger charge is -2.22. The maximum Gasteiger partial charge on any atom is 0.232 e. The van der Waals surface area contributed by atoms with Crippen LogP contribution in [0.1, 0.15) is 17.5 Å². The summed E-state index contributed by atoms with van der Waals surface area (Å²) in [7, 11) is 0. The maximum atomic E-state index is 12.6. The SMILES string of the molecule is Cc1ccccc1SCC(=O)N1CCCN(Cc2ccccc2)CC1. The Morgan fingerprint density at radius 1 is 0.960 bits per heavy atom. The summed E-state index contributed by atoms with van der Waals surface area (Å²) in [5.74, 6) is 0.790. The van der Waals surface area contributed by atoms with Gasteiger partial charge in [0.25, 0.3) is 0 Å². The standard InChI is InChI=1S/C21H26N2OS/c1-18-8-5-6-11-20(18)25-17-21(24)23-13-7-12-22(14-15-23)16-19-9-3-2-4-10-19/h2-6,8-11H,7,12-17H2,1H3. The van der Waals surface area contributed by atoms with Gasteiger partial charge in [-0.3, -0.25) is 9.69 Å². The number of thioether (sulfide) groups is 1. The molecule has 25 heavy (non-hydrogen) atoms. The summed E-state index contributed by atoms with van der Waals surface area (Å²) in [4.78, 5) is 18.3. The van der Waals surface area contributed by atoms with Crippen LogP contribution < -0.4 is 0 Å². The second-order valence-electron chi connectivity index (χ2n) is 6.55. The first kappa shape index (κ1) is 18.0. The molecule has 2 aromatic carbocycles. The van der Waals surface area contributed by atoms with E-state index in [1.54, 1.807) is 11.8 Å². The average Bonchev–Trinajstić information content (AvgIpc) is 2.87. The molecule has 0 aliphatic carbocycles. The van der Waals surface area contributed by atoms with Gasteiger partial charge in [0.15, 0.2) is 0 Å². The van der Waals surface area contributed by atoms with Crippen molar-refractivity contribution in [3.8, 4) is 0 Å². The number of rotatable bonds is 5. The van der Waals surface area contributed by atoms with Crippen molar-refractivity contribution in [1.82, 2.24) is 9.80 Å². The Labute approximate surface area is 155 Å². The van der Waals surface area contributed by atoms with Crippen LogP contribution in [-0.4, -0.2) is 47.6 Å². The Bertz CT molecular complexity index is 689. The zero-order valence-corrected chi connectivity index (χ0v) is 15.7. The molecule has 0 saturated carbocycles. The van der Waals surface area contributed by atoms with Gasteiger partial charge in [0.05, 0.1) is 5.75 Å². The predicted molar refractivity (Wildman–Crippen MR) is 105 cm³/mol. The molecule has 1 amide bonds. The molecule has 1 aliphatic heterocycles. The number of amides is 1. The molecule has 0 unspecified atom stereocenters. The Balaban J connectivity index is 1.49. The van der Waals surface area contributed by atoms with E-state index in [0.29, 0.717) is 5.75 Å². The normalized spacial score (nSPS) is 15.8. The van der Waals surface area contributed by atoms with Crippen LogP contribution in [0.3, 0.4) is 0 Å². The van der Waals surface area contributed by atoms with Gasteiger partial charge in [0.2, 0.25) is 5.91 Å². The minimum Gasteiger partial charge on any atom is -0.341 e. The Kier molecular flexibility index (Phi) is 6.54. The largest absolute Gasteiger partial charge is 0.341 e. The fraction of sp³-hybridized carbons (Fsp3) is 0.381. The lowest BCUT2D eigenvalue weighted by Crippen LogP contribution is -2.36.